The van der Waals surface area contributed by atoms with Gasteiger partial charge in [0, 0.05) is 110 Å². The highest BCUT2D eigenvalue weighted by atomic mass is 79.9. The molecule has 6 aromatic rings. The van der Waals surface area contributed by atoms with Gasteiger partial charge in [0.05, 0.1) is 41.6 Å². The van der Waals surface area contributed by atoms with E-state index in [0.717, 1.165) is 68.5 Å². The summed E-state index contributed by atoms with van der Waals surface area (Å²) in [5.74, 6) is -0.262. The first-order valence-corrected chi connectivity index (χ1v) is 28.8. The number of halogens is 1. The van der Waals surface area contributed by atoms with Crippen LogP contribution in [-0.2, 0) is 36.6 Å². The Bertz CT molecular complexity index is 3250. The number of hydrogen-bond acceptors (Lipinski definition) is 12. The third-order valence-electron chi connectivity index (χ3n) is 16.2. The largest absolute Gasteiger partial charge is 0.498 e. The number of urea groups is 2. The summed E-state index contributed by atoms with van der Waals surface area (Å²) >= 11 is 3.46. The lowest BCUT2D eigenvalue weighted by Gasteiger charge is -2.40. The van der Waals surface area contributed by atoms with E-state index in [4.69, 9.17) is 23.5 Å². The van der Waals surface area contributed by atoms with Gasteiger partial charge in [0.2, 0.25) is 0 Å². The number of ether oxygens (including phenoxy) is 3. The highest BCUT2D eigenvalue weighted by molar-refractivity contribution is 9.10. The summed E-state index contributed by atoms with van der Waals surface area (Å²) < 4.78 is 30.5. The summed E-state index contributed by atoms with van der Waals surface area (Å²) in [4.78, 5) is 70.9. The van der Waals surface area contributed by atoms with Crippen molar-refractivity contribution in [3.05, 3.63) is 149 Å². The molecule has 0 aliphatic carbocycles. The fourth-order valence-electron chi connectivity index (χ4n) is 10.8. The molecule has 5 fully saturated rings. The van der Waals surface area contributed by atoms with Crippen LogP contribution in [0.15, 0.2) is 126 Å². The minimum atomic E-state index is -0.562. The second-order valence-electron chi connectivity index (χ2n) is 23.4. The van der Waals surface area contributed by atoms with E-state index in [0.29, 0.717) is 69.2 Å². The average Bonchev–Trinajstić information content (AvgIpc) is 3.31. The van der Waals surface area contributed by atoms with Crippen LogP contribution in [0.3, 0.4) is 0 Å². The van der Waals surface area contributed by atoms with Gasteiger partial charge in [-0.2, -0.15) is 14.9 Å². The number of amides is 6. The molecule has 6 amide bonds. The Labute approximate surface area is 493 Å². The molecule has 20 nitrogen and oxygen atoms in total. The molecule has 11 rings (SSSR count). The van der Waals surface area contributed by atoms with Crippen molar-refractivity contribution >= 4 is 69.9 Å². The minimum Gasteiger partial charge on any atom is -0.442 e. The van der Waals surface area contributed by atoms with Gasteiger partial charge in [0.25, 0.3) is 11.8 Å². The molecule has 0 bridgehead atoms. The molecule has 22 heteroatoms. The number of benzene rings is 4. The molecule has 3 N–H and O–H groups in total. The highest BCUT2D eigenvalue weighted by Gasteiger charge is 2.54. The van der Waals surface area contributed by atoms with Crippen molar-refractivity contribution in [2.24, 2.45) is 0 Å². The SMILES string of the molecule is CC(C)(C)OC(=O)n1cc(B2OC(C)(C)C(C)(C)O2)cn1.CNC(=O)c1cccc(CN2C(=O)N(c3ccc(-c4cn[nH]c4)cc3)CC23CCOCC3)c1.CNC(=O)c1cccc(CN2C(=O)N(c3ccc(Br)cc3)CC23CCOCC3)c1. The van der Waals surface area contributed by atoms with E-state index in [1.165, 1.54) is 0 Å². The van der Waals surface area contributed by atoms with Crippen LogP contribution in [0.4, 0.5) is 25.8 Å². The lowest BCUT2D eigenvalue weighted by atomic mass is 9.82. The molecule has 2 spiro atoms. The van der Waals surface area contributed by atoms with Gasteiger partial charge in [-0.15, -0.1) is 0 Å². The first kappa shape index (κ1) is 60.2. The number of nitrogens with zero attached hydrogens (tertiary/aromatic N) is 7. The Morgan fingerprint density at radius 1 is 0.675 bits per heavy atom. The van der Waals surface area contributed by atoms with E-state index in [-0.39, 0.29) is 35.0 Å². The smallest absolute Gasteiger partial charge is 0.442 e. The van der Waals surface area contributed by atoms with E-state index in [1.54, 1.807) is 44.8 Å². The predicted molar refractivity (Wildman–Crippen MR) is 320 cm³/mol. The van der Waals surface area contributed by atoms with Crippen LogP contribution in [0.5, 0.6) is 0 Å². The zero-order valence-electron chi connectivity index (χ0n) is 48.7. The standard InChI is InChI=1S/C25H27N5O3.C22H24BrN3O3.C14H23BN2O4/c1-26-23(31)20-4-2-3-18(13-20)16-30-24(32)29(17-25(30)9-11-33-12-10-25)22-7-5-19(6-8-22)21-14-27-28-15-21;1-24-20(27)17-4-2-3-16(13-17)14-26-21(28)25(19-7-5-18(23)6-8-19)15-22(26)9-11-29-12-10-22;1-12(2,3)19-11(18)17-9-10(8-16-17)15-20-13(4,5)14(6,7)21-15/h2-8,13-15H,9-12,16-17H2,1H3,(H,26,31)(H,27,28);2-8,13H,9-12,14-15H2,1H3,(H,24,27);8-9H,1-7H3. The Morgan fingerprint density at radius 3 is 1.58 bits per heavy atom. The molecule has 0 unspecified atom stereocenters. The van der Waals surface area contributed by atoms with Gasteiger partial charge in [-0.3, -0.25) is 24.5 Å². The van der Waals surface area contributed by atoms with Crippen molar-refractivity contribution < 1.29 is 47.5 Å². The molecule has 4 aromatic carbocycles. The molecule has 2 aromatic heterocycles. The Morgan fingerprint density at radius 2 is 1.14 bits per heavy atom. The Kier molecular flexibility index (Phi) is 18.0. The van der Waals surface area contributed by atoms with Crippen LogP contribution in [-0.4, -0.2) is 148 Å². The third-order valence-corrected chi connectivity index (χ3v) is 16.7. The summed E-state index contributed by atoms with van der Waals surface area (Å²) in [6.07, 6.45) is 9.44. The first-order chi connectivity index (χ1) is 39.5. The summed E-state index contributed by atoms with van der Waals surface area (Å²) in [5.41, 5.74) is 5.63. The van der Waals surface area contributed by atoms with Crippen LogP contribution in [0.25, 0.3) is 11.1 Å². The minimum absolute atomic E-state index is 0.000399. The molecule has 0 saturated carbocycles. The number of nitrogens with one attached hydrogen (secondary N) is 3. The number of carbonyl (C=O) groups excluding carboxylic acids is 5. The van der Waals surface area contributed by atoms with E-state index < -0.39 is 30.0 Å². The molecule has 0 atom stereocenters. The predicted octanol–water partition coefficient (Wildman–Crippen LogP) is 9.19. The lowest BCUT2D eigenvalue weighted by Crippen LogP contribution is -2.50. The second-order valence-corrected chi connectivity index (χ2v) is 24.4. The lowest BCUT2D eigenvalue weighted by molar-refractivity contribution is 0.00578. The zero-order chi connectivity index (χ0) is 59.3. The molecule has 5 aliphatic heterocycles. The van der Waals surface area contributed by atoms with Crippen molar-refractivity contribution in [2.75, 3.05) is 63.4 Å². The zero-order valence-corrected chi connectivity index (χ0v) is 50.3. The maximum Gasteiger partial charge on any atom is 0.498 e. The van der Waals surface area contributed by atoms with Gasteiger partial charge in [0.15, 0.2) is 0 Å². The maximum absolute atomic E-state index is 13.7. The monoisotopic (exact) mass is 1200 g/mol. The van der Waals surface area contributed by atoms with Crippen molar-refractivity contribution in [1.82, 2.24) is 40.4 Å². The van der Waals surface area contributed by atoms with Crippen LogP contribution in [0.1, 0.15) is 106 Å². The van der Waals surface area contributed by atoms with E-state index in [9.17, 15) is 24.0 Å². The van der Waals surface area contributed by atoms with Gasteiger partial charge in [0.1, 0.15) is 5.60 Å². The molecule has 0 radical (unpaired) electrons. The average molecular weight is 1200 g/mol. The van der Waals surface area contributed by atoms with Gasteiger partial charge >= 0.3 is 25.3 Å². The third kappa shape index (κ3) is 13.5. The van der Waals surface area contributed by atoms with Gasteiger partial charge in [-0.05, 0) is 152 Å². The highest BCUT2D eigenvalue weighted by Crippen LogP contribution is 2.42. The van der Waals surface area contributed by atoms with Crippen LogP contribution >= 0.6 is 15.9 Å². The van der Waals surface area contributed by atoms with Crippen molar-refractivity contribution in [3.63, 3.8) is 0 Å². The van der Waals surface area contributed by atoms with Crippen LogP contribution < -0.4 is 25.9 Å². The van der Waals surface area contributed by atoms with Crippen LogP contribution in [0, 0.1) is 0 Å². The number of rotatable bonds is 10. The summed E-state index contributed by atoms with van der Waals surface area (Å²) in [6, 6.07) is 30.8. The fraction of sp³-hybridized carbons (Fsp3) is 0.426. The maximum atomic E-state index is 13.7. The topological polar surface area (TPSA) is 215 Å². The fourth-order valence-corrected chi connectivity index (χ4v) is 11.1. The summed E-state index contributed by atoms with van der Waals surface area (Å²) in [5, 5.41) is 16.2. The van der Waals surface area contributed by atoms with Gasteiger partial charge in [-0.1, -0.05) is 52.3 Å². The van der Waals surface area contributed by atoms with E-state index >= 15 is 0 Å². The Balaban J connectivity index is 0.000000154. The molecule has 438 valence electrons. The molecule has 7 heterocycles. The number of aromatic amines is 1. The first-order valence-electron chi connectivity index (χ1n) is 28.0. The molecular weight excluding hydrogens is 1120 g/mol. The van der Waals surface area contributed by atoms with Crippen molar-refractivity contribution in [3.8, 4) is 11.1 Å². The Hall–Kier alpha value is -7.37. The number of aromatic nitrogens is 4. The number of H-pyrrole nitrogens is 1. The number of carbonyl (C=O) groups is 5. The summed E-state index contributed by atoms with van der Waals surface area (Å²) in [6.45, 7) is 18.1. The van der Waals surface area contributed by atoms with Crippen LogP contribution in [0.2, 0.25) is 0 Å². The molecule has 5 saturated heterocycles. The summed E-state index contributed by atoms with van der Waals surface area (Å²) in [7, 11) is 2.70. The number of hydrogen-bond donors (Lipinski definition) is 3. The van der Waals surface area contributed by atoms with Crippen molar-refractivity contribution in [2.45, 2.75) is 115 Å². The number of anilines is 2. The van der Waals surface area contributed by atoms with E-state index in [1.807, 2.05) is 159 Å². The normalized spacial score (nSPS) is 18.6. The van der Waals surface area contributed by atoms with Gasteiger partial charge < -0.3 is 44.0 Å². The molecule has 5 aliphatic rings. The van der Waals surface area contributed by atoms with E-state index in [2.05, 4.69) is 41.9 Å². The van der Waals surface area contributed by atoms with Gasteiger partial charge in [-0.25, -0.2) is 14.4 Å². The quantitative estimate of drug-likeness (QED) is 0.110. The second kappa shape index (κ2) is 24.8. The molecular formula is C61H74BBrN10O10. The molecule has 83 heavy (non-hydrogen) atoms. The van der Waals surface area contributed by atoms with Crippen molar-refractivity contribution in [1.29, 1.82) is 0 Å².